The normalized spacial score (nSPS) is 24.9. The van der Waals surface area contributed by atoms with Gasteiger partial charge in [-0.1, -0.05) is 23.7 Å². The summed E-state index contributed by atoms with van der Waals surface area (Å²) in [6.07, 6.45) is 6.34. The van der Waals surface area contributed by atoms with Crippen LogP contribution in [0.15, 0.2) is 18.2 Å². The number of methoxy groups -OCH3 is 1. The van der Waals surface area contributed by atoms with Crippen LogP contribution in [0.5, 0.6) is 0 Å². The minimum Gasteiger partial charge on any atom is -0.385 e. The summed E-state index contributed by atoms with van der Waals surface area (Å²) in [6, 6.07) is 4.35. The van der Waals surface area contributed by atoms with E-state index in [1.54, 1.807) is 24.1 Å². The van der Waals surface area contributed by atoms with Crippen LogP contribution in [-0.4, -0.2) is 68.6 Å². The average Bonchev–Trinajstić information content (AvgIpc) is 2.89. The van der Waals surface area contributed by atoms with Gasteiger partial charge in [-0.25, -0.2) is 13.6 Å². The van der Waals surface area contributed by atoms with Crippen LogP contribution in [0.2, 0.25) is 5.02 Å². The number of unbranched alkanes of at least 4 members (excludes halogenated alkanes) is 1. The van der Waals surface area contributed by atoms with Crippen LogP contribution in [0, 0.1) is 17.7 Å². The Hall–Kier alpha value is -1.48. The Morgan fingerprint density at radius 1 is 1.27 bits per heavy atom. The molecule has 0 bridgehead atoms. The number of piperidine rings is 1. The quantitative estimate of drug-likeness (QED) is 0.308. The van der Waals surface area contributed by atoms with E-state index in [-0.39, 0.29) is 23.0 Å². The Labute approximate surface area is 225 Å². The zero-order valence-corrected chi connectivity index (χ0v) is 23.0. The van der Waals surface area contributed by atoms with Crippen LogP contribution in [-0.2, 0) is 10.3 Å². The maximum Gasteiger partial charge on any atom is 0.317 e. The van der Waals surface area contributed by atoms with Crippen molar-refractivity contribution in [1.29, 1.82) is 0 Å². The van der Waals surface area contributed by atoms with Gasteiger partial charge in [0.2, 0.25) is 0 Å². The predicted octanol–water partition coefficient (Wildman–Crippen LogP) is 5.41. The fourth-order valence-electron chi connectivity index (χ4n) is 6.05. The maximum absolute atomic E-state index is 14.4. The molecule has 37 heavy (non-hydrogen) atoms. The van der Waals surface area contributed by atoms with E-state index in [0.717, 1.165) is 32.1 Å². The standard InChI is InChI=1S/C28H44ClF2N3O3/c1-32-18-23(17-20-10-12-22(30)13-11-20)33-27(35)34-15-6-7-21(19-34)28(36,14-3-4-16-37-2)24-8-5-9-25(31)26(24)29/h5,8-9,20-23,32,36H,3-4,6-7,10-19H2,1-2H3,(H,33,35)/t20?,21-,22?,23+,28-/m1/s1. The van der Waals surface area contributed by atoms with Crippen molar-refractivity contribution in [3.8, 4) is 0 Å². The molecule has 0 aromatic heterocycles. The summed E-state index contributed by atoms with van der Waals surface area (Å²) in [4.78, 5) is 15.1. The molecule has 1 aliphatic carbocycles. The molecule has 1 aliphatic heterocycles. The van der Waals surface area contributed by atoms with Gasteiger partial charge in [-0.2, -0.15) is 0 Å². The summed E-state index contributed by atoms with van der Waals surface area (Å²) in [5.74, 6) is -0.430. The van der Waals surface area contributed by atoms with E-state index in [2.05, 4.69) is 10.6 Å². The third kappa shape index (κ3) is 8.25. The van der Waals surface area contributed by atoms with Crippen LogP contribution in [0.3, 0.4) is 0 Å². The largest absolute Gasteiger partial charge is 0.385 e. The third-order valence-electron chi connectivity index (χ3n) is 8.13. The topological polar surface area (TPSA) is 73.8 Å². The summed E-state index contributed by atoms with van der Waals surface area (Å²) in [6.45, 7) is 2.17. The van der Waals surface area contributed by atoms with Gasteiger partial charge in [-0.05, 0) is 83.2 Å². The Morgan fingerprint density at radius 2 is 2.03 bits per heavy atom. The van der Waals surface area contributed by atoms with Crippen molar-refractivity contribution in [2.45, 2.75) is 82.0 Å². The monoisotopic (exact) mass is 543 g/mol. The highest BCUT2D eigenvalue weighted by atomic mass is 35.5. The molecule has 2 fully saturated rings. The number of benzene rings is 1. The van der Waals surface area contributed by atoms with Gasteiger partial charge in [-0.3, -0.25) is 0 Å². The summed E-state index contributed by atoms with van der Waals surface area (Å²) >= 11 is 6.36. The molecule has 1 aromatic carbocycles. The number of nitrogens with zero attached hydrogens (tertiary/aromatic N) is 1. The van der Waals surface area contributed by atoms with Gasteiger partial charge in [0.15, 0.2) is 0 Å². The van der Waals surface area contributed by atoms with E-state index in [4.69, 9.17) is 16.3 Å². The van der Waals surface area contributed by atoms with Crippen molar-refractivity contribution in [3.63, 3.8) is 0 Å². The van der Waals surface area contributed by atoms with Gasteiger partial charge in [0.1, 0.15) is 12.0 Å². The molecule has 1 aromatic rings. The van der Waals surface area contributed by atoms with Gasteiger partial charge >= 0.3 is 6.03 Å². The van der Waals surface area contributed by atoms with Gasteiger partial charge < -0.3 is 25.4 Å². The molecule has 1 saturated heterocycles. The van der Waals surface area contributed by atoms with Crippen molar-refractivity contribution in [2.75, 3.05) is 40.4 Å². The van der Waals surface area contributed by atoms with E-state index in [9.17, 15) is 18.7 Å². The van der Waals surface area contributed by atoms with Crippen molar-refractivity contribution in [1.82, 2.24) is 15.5 Å². The Balaban J connectivity index is 1.70. The fraction of sp³-hybridized carbons (Fsp3) is 0.750. The molecule has 2 aliphatic rings. The van der Waals surface area contributed by atoms with Gasteiger partial charge in [-0.15, -0.1) is 0 Å². The second kappa shape index (κ2) is 14.6. The van der Waals surface area contributed by atoms with E-state index in [1.807, 2.05) is 7.05 Å². The van der Waals surface area contributed by atoms with Crippen LogP contribution in [0.4, 0.5) is 13.6 Å². The number of nitrogens with one attached hydrogen (secondary N) is 2. The highest BCUT2D eigenvalue weighted by Gasteiger charge is 2.43. The molecule has 1 heterocycles. The second-order valence-corrected chi connectivity index (χ2v) is 11.2. The van der Waals surface area contributed by atoms with Gasteiger partial charge in [0.05, 0.1) is 10.6 Å². The van der Waals surface area contributed by atoms with Crippen molar-refractivity contribution in [2.24, 2.45) is 11.8 Å². The Morgan fingerprint density at radius 3 is 2.73 bits per heavy atom. The molecular weight excluding hydrogens is 500 g/mol. The first-order valence-electron chi connectivity index (χ1n) is 13.8. The number of urea groups is 1. The second-order valence-electron chi connectivity index (χ2n) is 10.8. The average molecular weight is 544 g/mol. The van der Waals surface area contributed by atoms with Gasteiger partial charge in [0, 0.05) is 50.9 Å². The summed E-state index contributed by atoms with van der Waals surface area (Å²) in [5, 5.41) is 18.3. The minimum atomic E-state index is -1.36. The molecule has 6 nitrogen and oxygen atoms in total. The molecule has 3 rings (SSSR count). The number of hydrogen-bond donors (Lipinski definition) is 3. The molecular formula is C28H44ClF2N3O3. The van der Waals surface area contributed by atoms with E-state index in [0.29, 0.717) is 69.8 Å². The summed E-state index contributed by atoms with van der Waals surface area (Å²) in [7, 11) is 3.50. The number of carbonyl (C=O) groups excluding carboxylic acids is 1. The van der Waals surface area contributed by atoms with E-state index >= 15 is 0 Å². The summed E-state index contributed by atoms with van der Waals surface area (Å²) < 4.78 is 33.1. The van der Waals surface area contributed by atoms with Crippen LogP contribution in [0.1, 0.15) is 69.8 Å². The molecule has 210 valence electrons. The first-order valence-corrected chi connectivity index (χ1v) is 14.2. The first-order chi connectivity index (χ1) is 17.8. The number of likely N-dealkylation sites (N-methyl/N-ethyl adjacent to an activating group) is 1. The number of ether oxygens (including phenoxy) is 1. The molecule has 2 amide bonds. The lowest BCUT2D eigenvalue weighted by atomic mass is 9.74. The van der Waals surface area contributed by atoms with Crippen LogP contribution in [0.25, 0.3) is 0 Å². The molecule has 9 heteroatoms. The smallest absolute Gasteiger partial charge is 0.317 e. The number of aliphatic hydroxyl groups is 1. The van der Waals surface area contributed by atoms with Crippen molar-refractivity contribution in [3.05, 3.63) is 34.6 Å². The molecule has 3 N–H and O–H groups in total. The van der Waals surface area contributed by atoms with E-state index < -0.39 is 17.6 Å². The highest BCUT2D eigenvalue weighted by molar-refractivity contribution is 6.31. The fourth-order valence-corrected chi connectivity index (χ4v) is 6.34. The van der Waals surface area contributed by atoms with Crippen molar-refractivity contribution < 1.29 is 23.4 Å². The third-order valence-corrected chi connectivity index (χ3v) is 8.51. The number of hydrogen-bond acceptors (Lipinski definition) is 4. The lowest BCUT2D eigenvalue weighted by Gasteiger charge is -2.43. The Bertz CT molecular complexity index is 856. The zero-order valence-electron chi connectivity index (χ0n) is 22.3. The lowest BCUT2D eigenvalue weighted by molar-refractivity contribution is -0.0565. The molecule has 0 radical (unpaired) electrons. The number of amides is 2. The predicted molar refractivity (Wildman–Crippen MR) is 143 cm³/mol. The number of likely N-dealkylation sites (tertiary alicyclic amines) is 1. The number of carbonyl (C=O) groups is 1. The maximum atomic E-state index is 14.4. The number of halogens is 3. The molecule has 0 unspecified atom stereocenters. The first kappa shape index (κ1) is 30.1. The zero-order chi connectivity index (χ0) is 26.8. The lowest BCUT2D eigenvalue weighted by Crippen LogP contribution is -2.54. The van der Waals surface area contributed by atoms with Gasteiger partial charge in [0.25, 0.3) is 0 Å². The number of alkyl halides is 1. The van der Waals surface area contributed by atoms with E-state index in [1.165, 1.54) is 6.07 Å². The minimum absolute atomic E-state index is 0.0513. The summed E-state index contributed by atoms with van der Waals surface area (Å²) in [5.41, 5.74) is -0.975. The molecule has 1 saturated carbocycles. The van der Waals surface area contributed by atoms with Crippen LogP contribution >= 0.6 is 11.6 Å². The molecule has 3 atom stereocenters. The molecule has 0 spiro atoms. The number of rotatable bonds is 12. The Kier molecular flexibility index (Phi) is 11.9. The van der Waals surface area contributed by atoms with Crippen LogP contribution < -0.4 is 10.6 Å². The SMILES string of the molecule is CNC[C@H](CC1CCC(F)CC1)NC(=O)N1CCC[C@@H]([C@](O)(CCCCOC)c2cccc(F)c2Cl)C1. The highest BCUT2D eigenvalue weighted by Crippen LogP contribution is 2.43. The van der Waals surface area contributed by atoms with Crippen molar-refractivity contribution >= 4 is 17.6 Å².